The molecule has 0 N–H and O–H groups in total. The van der Waals surface area contributed by atoms with Gasteiger partial charge in [-0.2, -0.15) is 9.97 Å². The van der Waals surface area contributed by atoms with E-state index in [1.165, 1.54) is 5.56 Å². The van der Waals surface area contributed by atoms with E-state index in [0.29, 0.717) is 17.6 Å². The monoisotopic (exact) mass is 703 g/mol. The zero-order valence-electron chi connectivity index (χ0n) is 29.8. The van der Waals surface area contributed by atoms with Crippen molar-refractivity contribution in [1.82, 2.24) is 24.5 Å². The summed E-state index contributed by atoms with van der Waals surface area (Å²) in [6.45, 7) is 0. The Morgan fingerprint density at radius 3 is 1.31 bits per heavy atom. The lowest BCUT2D eigenvalue weighted by molar-refractivity contribution is 0.944. The molecule has 0 fully saturated rings. The van der Waals surface area contributed by atoms with Crippen LogP contribution in [-0.4, -0.2) is 24.5 Å². The van der Waals surface area contributed by atoms with Crippen LogP contribution in [0.3, 0.4) is 0 Å². The first-order valence-electron chi connectivity index (χ1n) is 18.4. The number of hydrogen-bond acceptors (Lipinski definition) is 4. The smallest absolute Gasteiger partial charge is 0.240 e. The van der Waals surface area contributed by atoms with Crippen molar-refractivity contribution in [3.8, 4) is 73.2 Å². The largest absolute Gasteiger partial charge is 0.261 e. The zero-order valence-corrected chi connectivity index (χ0v) is 29.8. The molecule has 10 aromatic rings. The Kier molecular flexibility index (Phi) is 8.08. The van der Waals surface area contributed by atoms with Crippen molar-refractivity contribution in [2.24, 2.45) is 0 Å². The zero-order chi connectivity index (χ0) is 36.6. The van der Waals surface area contributed by atoms with Crippen LogP contribution >= 0.6 is 0 Å². The molecule has 258 valence electrons. The van der Waals surface area contributed by atoms with Gasteiger partial charge in [0.15, 0.2) is 11.6 Å². The molecule has 3 aromatic heterocycles. The Labute approximate surface area is 318 Å². The van der Waals surface area contributed by atoms with Gasteiger partial charge in [-0.05, 0) is 69.3 Å². The molecule has 0 saturated heterocycles. The van der Waals surface area contributed by atoms with Crippen LogP contribution in [0.4, 0.5) is 0 Å². The standard InChI is InChI=1S/C50H33N5/c1-4-15-34(16-5-1)37-21-10-24-40(31-37)43-27-13-28-44-45-29-14-30-51-49(45)55(46(43)44)50-53-47(41-25-11-22-38(32-41)35-17-6-2-7-18-35)52-48(54-50)42-26-12-23-39(33-42)36-19-8-3-9-20-36/h1-33H. The molecule has 0 bridgehead atoms. The van der Waals surface area contributed by atoms with E-state index in [0.717, 1.165) is 72.0 Å². The van der Waals surface area contributed by atoms with Crippen LogP contribution in [0.5, 0.6) is 0 Å². The first-order chi connectivity index (χ1) is 27.3. The highest BCUT2D eigenvalue weighted by Crippen LogP contribution is 2.39. The summed E-state index contributed by atoms with van der Waals surface area (Å²) in [4.78, 5) is 20.7. The highest BCUT2D eigenvalue weighted by atomic mass is 15.2. The van der Waals surface area contributed by atoms with E-state index in [4.69, 9.17) is 19.9 Å². The van der Waals surface area contributed by atoms with Gasteiger partial charge in [0.1, 0.15) is 5.65 Å². The lowest BCUT2D eigenvalue weighted by atomic mass is 9.97. The molecular formula is C50H33N5. The fourth-order valence-corrected chi connectivity index (χ4v) is 7.48. The van der Waals surface area contributed by atoms with Gasteiger partial charge < -0.3 is 0 Å². The number of aromatic nitrogens is 5. The van der Waals surface area contributed by atoms with Gasteiger partial charge in [0.25, 0.3) is 0 Å². The van der Waals surface area contributed by atoms with Crippen LogP contribution < -0.4 is 0 Å². The van der Waals surface area contributed by atoms with Crippen molar-refractivity contribution in [3.63, 3.8) is 0 Å². The summed E-state index contributed by atoms with van der Waals surface area (Å²) >= 11 is 0. The molecule has 5 heteroatoms. The van der Waals surface area contributed by atoms with Crippen LogP contribution in [0.15, 0.2) is 200 Å². The predicted octanol–water partition coefficient (Wildman–Crippen LogP) is 12.4. The minimum Gasteiger partial charge on any atom is -0.261 e. The molecule has 0 saturated carbocycles. The molecular weight excluding hydrogens is 671 g/mol. The van der Waals surface area contributed by atoms with Crippen molar-refractivity contribution >= 4 is 21.9 Å². The van der Waals surface area contributed by atoms with Gasteiger partial charge in [-0.15, -0.1) is 0 Å². The number of para-hydroxylation sites is 1. The number of fused-ring (bicyclic) bond motifs is 3. The molecule has 0 amide bonds. The third-order valence-corrected chi connectivity index (χ3v) is 10.1. The maximum atomic E-state index is 5.29. The van der Waals surface area contributed by atoms with Gasteiger partial charge in [-0.25, -0.2) is 9.97 Å². The molecule has 0 atom stereocenters. The Morgan fingerprint density at radius 1 is 0.327 bits per heavy atom. The van der Waals surface area contributed by atoms with Gasteiger partial charge in [-0.3, -0.25) is 4.57 Å². The molecule has 55 heavy (non-hydrogen) atoms. The quantitative estimate of drug-likeness (QED) is 0.166. The maximum Gasteiger partial charge on any atom is 0.240 e. The highest BCUT2D eigenvalue weighted by molar-refractivity contribution is 6.12. The van der Waals surface area contributed by atoms with Gasteiger partial charge in [0.05, 0.1) is 5.52 Å². The fourth-order valence-electron chi connectivity index (χ4n) is 7.48. The van der Waals surface area contributed by atoms with E-state index in [9.17, 15) is 0 Å². The summed E-state index contributed by atoms with van der Waals surface area (Å²) in [5.41, 5.74) is 12.5. The van der Waals surface area contributed by atoms with Gasteiger partial charge >= 0.3 is 0 Å². The van der Waals surface area contributed by atoms with E-state index < -0.39 is 0 Å². The van der Waals surface area contributed by atoms with Gasteiger partial charge in [0, 0.05) is 33.7 Å². The molecule has 5 nitrogen and oxygen atoms in total. The van der Waals surface area contributed by atoms with E-state index in [-0.39, 0.29) is 0 Å². The minimum atomic E-state index is 0.501. The molecule has 0 spiro atoms. The highest BCUT2D eigenvalue weighted by Gasteiger charge is 2.21. The molecule has 0 radical (unpaired) electrons. The summed E-state index contributed by atoms with van der Waals surface area (Å²) in [5, 5.41) is 2.10. The van der Waals surface area contributed by atoms with Crippen molar-refractivity contribution < 1.29 is 0 Å². The normalized spacial score (nSPS) is 11.3. The van der Waals surface area contributed by atoms with Crippen LogP contribution in [0.1, 0.15) is 0 Å². The van der Waals surface area contributed by atoms with E-state index in [1.807, 2.05) is 30.5 Å². The molecule has 0 aliphatic rings. The van der Waals surface area contributed by atoms with Crippen LogP contribution in [0.25, 0.3) is 95.2 Å². The third-order valence-electron chi connectivity index (χ3n) is 10.1. The Balaban J connectivity index is 1.23. The van der Waals surface area contributed by atoms with Gasteiger partial charge in [-0.1, -0.05) is 164 Å². The molecule has 0 unspecified atom stereocenters. The van der Waals surface area contributed by atoms with E-state index >= 15 is 0 Å². The lowest BCUT2D eigenvalue weighted by Crippen LogP contribution is -2.07. The number of hydrogen-bond donors (Lipinski definition) is 0. The average Bonchev–Trinajstić information content (AvgIpc) is 3.62. The number of nitrogens with zero attached hydrogens (tertiary/aromatic N) is 5. The topological polar surface area (TPSA) is 56.5 Å². The summed E-state index contributed by atoms with van der Waals surface area (Å²) in [6, 6.07) is 67.4. The van der Waals surface area contributed by atoms with E-state index in [1.54, 1.807) is 0 Å². The van der Waals surface area contributed by atoms with Crippen LogP contribution in [-0.2, 0) is 0 Å². The number of pyridine rings is 1. The first-order valence-corrected chi connectivity index (χ1v) is 18.4. The maximum absolute atomic E-state index is 5.29. The van der Waals surface area contributed by atoms with Crippen molar-refractivity contribution in [2.45, 2.75) is 0 Å². The Bertz CT molecular complexity index is 2870. The Hall–Kier alpha value is -7.50. The molecule has 3 heterocycles. The van der Waals surface area contributed by atoms with Crippen molar-refractivity contribution in [1.29, 1.82) is 0 Å². The molecule has 0 aliphatic carbocycles. The molecule has 0 aliphatic heterocycles. The predicted molar refractivity (Wildman–Crippen MR) is 225 cm³/mol. The van der Waals surface area contributed by atoms with Gasteiger partial charge in [0.2, 0.25) is 5.95 Å². The lowest BCUT2D eigenvalue weighted by Gasteiger charge is -2.14. The summed E-state index contributed by atoms with van der Waals surface area (Å²) < 4.78 is 2.12. The van der Waals surface area contributed by atoms with E-state index in [2.05, 4.69) is 174 Å². The SMILES string of the molecule is c1ccc(-c2cccc(-c3nc(-c4cccc(-c5ccccc5)c4)nc(-n4c5ncccc5c5cccc(-c6cccc(-c7ccccc7)c6)c54)n3)c2)cc1. The van der Waals surface area contributed by atoms with Crippen LogP contribution in [0.2, 0.25) is 0 Å². The second kappa shape index (κ2) is 13.8. The summed E-state index contributed by atoms with van der Waals surface area (Å²) in [7, 11) is 0. The number of benzene rings is 7. The fraction of sp³-hybridized carbons (Fsp3) is 0. The van der Waals surface area contributed by atoms with Crippen molar-refractivity contribution in [3.05, 3.63) is 200 Å². The number of rotatable bonds is 7. The second-order valence-electron chi connectivity index (χ2n) is 13.5. The summed E-state index contributed by atoms with van der Waals surface area (Å²) in [6.07, 6.45) is 1.84. The van der Waals surface area contributed by atoms with Crippen molar-refractivity contribution in [2.75, 3.05) is 0 Å². The molecule has 7 aromatic carbocycles. The third kappa shape index (κ3) is 6.04. The summed E-state index contributed by atoms with van der Waals surface area (Å²) in [5.74, 6) is 1.66. The average molecular weight is 704 g/mol. The van der Waals surface area contributed by atoms with Crippen LogP contribution in [0, 0.1) is 0 Å². The minimum absolute atomic E-state index is 0.501. The Morgan fingerprint density at radius 2 is 0.764 bits per heavy atom. The molecule has 10 rings (SSSR count). The second-order valence-corrected chi connectivity index (χ2v) is 13.5. The first kappa shape index (κ1) is 32.2.